The molecule has 0 fully saturated rings. The molecule has 2 heterocycles. The summed E-state index contributed by atoms with van der Waals surface area (Å²) in [6.45, 7) is 15.9. The first-order chi connectivity index (χ1) is 16.7. The lowest BCUT2D eigenvalue weighted by molar-refractivity contribution is 0.285. The summed E-state index contributed by atoms with van der Waals surface area (Å²) in [4.78, 5) is 0. The molecule has 0 bridgehead atoms. The summed E-state index contributed by atoms with van der Waals surface area (Å²) in [6.07, 6.45) is 5.53. The molecule has 0 amide bonds. The number of thiol groups is 2. The van der Waals surface area contributed by atoms with Crippen LogP contribution >= 0.6 is 49.7 Å². The van der Waals surface area contributed by atoms with Gasteiger partial charge in [-0.3, -0.25) is 8.42 Å². The SMILES string of the molecule is CCn1cc(S)n(CC(C)(C)CCS(=O)CCS(=O)CCC(C)(C)Cn2c(S)cn(CC)c2=S)c1=S. The number of nitrogens with zero attached hydrogens (tertiary/aromatic N) is 4. The molecule has 0 N–H and O–H groups in total. The highest BCUT2D eigenvalue weighted by molar-refractivity contribution is 7.88. The molecule has 0 aliphatic rings. The van der Waals surface area contributed by atoms with Crippen molar-refractivity contribution in [3.63, 3.8) is 0 Å². The molecule has 2 unspecified atom stereocenters. The standard InChI is InChI=1S/C24H42N4O2S6/c1-7-25-15-19(31)27(21(25)33)17-23(3,4)9-11-35(29)13-14-36(30)12-10-24(5,6)18-28-20(32)16-26(8-2)22(28)34/h15-16,31-32H,7-14,17-18H2,1-6H3. The van der Waals surface area contributed by atoms with Gasteiger partial charge in [-0.25, -0.2) is 0 Å². The molecule has 0 radical (unpaired) electrons. The summed E-state index contributed by atoms with van der Waals surface area (Å²) in [5.41, 5.74) is -0.142. The van der Waals surface area contributed by atoms with E-state index in [9.17, 15) is 8.42 Å². The molecule has 0 aliphatic carbocycles. The topological polar surface area (TPSA) is 53.9 Å². The van der Waals surface area contributed by atoms with E-state index in [1.54, 1.807) is 0 Å². The Labute approximate surface area is 243 Å². The Morgan fingerprint density at radius 1 is 0.722 bits per heavy atom. The lowest BCUT2D eigenvalue weighted by Gasteiger charge is -2.26. The summed E-state index contributed by atoms with van der Waals surface area (Å²) >= 11 is 20.3. The van der Waals surface area contributed by atoms with Crippen molar-refractivity contribution in [1.29, 1.82) is 0 Å². The summed E-state index contributed by atoms with van der Waals surface area (Å²) in [6, 6.07) is 0. The number of rotatable bonds is 15. The van der Waals surface area contributed by atoms with Crippen molar-refractivity contribution in [3.8, 4) is 0 Å². The van der Waals surface area contributed by atoms with Crippen LogP contribution in [0, 0.1) is 20.4 Å². The number of aryl methyl sites for hydroxylation is 2. The van der Waals surface area contributed by atoms with Gasteiger partial charge in [0.15, 0.2) is 9.54 Å². The monoisotopic (exact) mass is 610 g/mol. The lowest BCUT2D eigenvalue weighted by Crippen LogP contribution is -2.25. The molecule has 0 saturated carbocycles. The highest BCUT2D eigenvalue weighted by Gasteiger charge is 2.24. The molecule has 2 aromatic rings. The van der Waals surface area contributed by atoms with E-state index in [2.05, 4.69) is 66.8 Å². The summed E-state index contributed by atoms with van der Waals surface area (Å²) in [5, 5.41) is 1.70. The molecule has 0 saturated heterocycles. The number of hydrogen-bond donors (Lipinski definition) is 2. The van der Waals surface area contributed by atoms with Crippen molar-refractivity contribution in [1.82, 2.24) is 18.3 Å². The molecule has 6 nitrogen and oxygen atoms in total. The molecule has 0 aliphatic heterocycles. The maximum absolute atomic E-state index is 12.7. The molecule has 0 spiro atoms. The van der Waals surface area contributed by atoms with Gasteiger partial charge >= 0.3 is 0 Å². The van der Waals surface area contributed by atoms with Crippen molar-refractivity contribution >= 4 is 71.3 Å². The predicted octanol–water partition coefficient (Wildman–Crippen LogP) is 6.00. The summed E-state index contributed by atoms with van der Waals surface area (Å²) in [5.74, 6) is 2.13. The minimum Gasteiger partial charge on any atom is -0.323 e. The Kier molecular flexibility index (Phi) is 12.3. The van der Waals surface area contributed by atoms with Gasteiger partial charge in [-0.1, -0.05) is 27.7 Å². The Morgan fingerprint density at radius 3 is 1.33 bits per heavy atom. The second kappa shape index (κ2) is 13.8. The van der Waals surface area contributed by atoms with Crippen LogP contribution in [0.25, 0.3) is 0 Å². The molecule has 36 heavy (non-hydrogen) atoms. The molecule has 2 atom stereocenters. The zero-order valence-corrected chi connectivity index (χ0v) is 27.4. The maximum Gasteiger partial charge on any atom is 0.180 e. The van der Waals surface area contributed by atoms with Crippen LogP contribution in [0.3, 0.4) is 0 Å². The van der Waals surface area contributed by atoms with Gasteiger partial charge < -0.3 is 18.3 Å². The van der Waals surface area contributed by atoms with Crippen LogP contribution in [0.1, 0.15) is 54.4 Å². The van der Waals surface area contributed by atoms with Crippen LogP contribution in [-0.4, -0.2) is 49.7 Å². The first-order valence-corrected chi connectivity index (χ1v) is 17.1. The Bertz CT molecular complexity index is 1100. The Morgan fingerprint density at radius 2 is 1.06 bits per heavy atom. The maximum atomic E-state index is 12.7. The minimum absolute atomic E-state index is 0.0712. The molecule has 12 heteroatoms. The van der Waals surface area contributed by atoms with Crippen LogP contribution in [0.4, 0.5) is 0 Å². The molecule has 2 rings (SSSR count). The zero-order valence-electron chi connectivity index (χ0n) is 22.4. The second-order valence-electron chi connectivity index (χ2n) is 10.8. The van der Waals surface area contributed by atoms with Crippen molar-refractivity contribution in [2.45, 2.75) is 90.6 Å². The van der Waals surface area contributed by atoms with Gasteiger partial charge in [0.1, 0.15) is 0 Å². The fourth-order valence-electron chi connectivity index (χ4n) is 3.97. The highest BCUT2D eigenvalue weighted by Crippen LogP contribution is 2.27. The molecular formula is C24H42N4O2S6. The first kappa shape index (κ1) is 32.1. The van der Waals surface area contributed by atoms with E-state index in [0.717, 1.165) is 58.6 Å². The van der Waals surface area contributed by atoms with Gasteiger partial charge in [0.2, 0.25) is 0 Å². The van der Waals surface area contributed by atoms with Crippen molar-refractivity contribution in [2.75, 3.05) is 23.0 Å². The average Bonchev–Trinajstić information content (AvgIpc) is 3.23. The van der Waals surface area contributed by atoms with Crippen LogP contribution in [-0.2, 0) is 47.8 Å². The van der Waals surface area contributed by atoms with E-state index < -0.39 is 21.6 Å². The largest absolute Gasteiger partial charge is 0.323 e. The average molecular weight is 611 g/mol. The molecular weight excluding hydrogens is 569 g/mol. The molecule has 2 aromatic heterocycles. The third kappa shape index (κ3) is 9.25. The number of aromatic nitrogens is 4. The normalized spacial score (nSPS) is 14.3. The number of imidazole rings is 2. The van der Waals surface area contributed by atoms with Gasteiger partial charge in [0, 0.05) is 83.2 Å². The van der Waals surface area contributed by atoms with Gasteiger partial charge in [-0.05, 0) is 62.0 Å². The fourth-order valence-corrected chi connectivity index (χ4v) is 8.86. The van der Waals surface area contributed by atoms with Gasteiger partial charge in [-0.2, -0.15) is 0 Å². The Balaban J connectivity index is 1.79. The van der Waals surface area contributed by atoms with Crippen molar-refractivity contribution in [2.24, 2.45) is 10.8 Å². The zero-order chi connectivity index (χ0) is 27.3. The highest BCUT2D eigenvalue weighted by atomic mass is 32.2. The van der Waals surface area contributed by atoms with Crippen LogP contribution in [0.2, 0.25) is 0 Å². The van der Waals surface area contributed by atoms with Crippen molar-refractivity contribution < 1.29 is 8.42 Å². The van der Waals surface area contributed by atoms with Crippen molar-refractivity contribution in [3.05, 3.63) is 21.9 Å². The summed E-state index contributed by atoms with van der Waals surface area (Å²) in [7, 11) is -1.99. The van der Waals surface area contributed by atoms with Crippen LogP contribution in [0.15, 0.2) is 22.4 Å². The van der Waals surface area contributed by atoms with Crippen LogP contribution < -0.4 is 0 Å². The van der Waals surface area contributed by atoms with E-state index in [-0.39, 0.29) is 10.8 Å². The lowest BCUT2D eigenvalue weighted by atomic mass is 9.90. The van der Waals surface area contributed by atoms with Crippen LogP contribution in [0.5, 0.6) is 0 Å². The van der Waals surface area contributed by atoms with E-state index in [1.807, 2.05) is 30.7 Å². The van der Waals surface area contributed by atoms with E-state index in [1.165, 1.54) is 0 Å². The number of hydrogen-bond acceptors (Lipinski definition) is 6. The molecule has 0 aromatic carbocycles. The third-order valence-corrected chi connectivity index (χ3v) is 11.0. The second-order valence-corrected chi connectivity index (χ2v) is 15.8. The van der Waals surface area contributed by atoms with E-state index in [0.29, 0.717) is 23.0 Å². The van der Waals surface area contributed by atoms with E-state index >= 15 is 0 Å². The third-order valence-electron chi connectivity index (χ3n) is 6.45. The van der Waals surface area contributed by atoms with Gasteiger partial charge in [0.25, 0.3) is 0 Å². The minimum atomic E-state index is -0.996. The van der Waals surface area contributed by atoms with E-state index in [4.69, 9.17) is 24.4 Å². The molecule has 206 valence electrons. The summed E-state index contributed by atoms with van der Waals surface area (Å²) < 4.78 is 35.0. The van der Waals surface area contributed by atoms with Gasteiger partial charge in [0.05, 0.1) is 10.1 Å². The smallest absolute Gasteiger partial charge is 0.180 e. The Hall–Kier alpha value is -0.140. The first-order valence-electron chi connectivity index (χ1n) is 12.4. The van der Waals surface area contributed by atoms with Gasteiger partial charge in [-0.15, -0.1) is 25.3 Å². The fraction of sp³-hybridized carbons (Fsp3) is 0.750. The predicted molar refractivity (Wildman–Crippen MR) is 165 cm³/mol. The quantitative estimate of drug-likeness (QED) is 0.192.